The summed E-state index contributed by atoms with van der Waals surface area (Å²) in [5.41, 5.74) is 5.68. The van der Waals surface area contributed by atoms with Gasteiger partial charge in [0.1, 0.15) is 5.82 Å². The first-order chi connectivity index (χ1) is 8.85. The summed E-state index contributed by atoms with van der Waals surface area (Å²) in [4.78, 5) is 2.53. The summed E-state index contributed by atoms with van der Waals surface area (Å²) in [6.07, 6.45) is 3.80. The molecule has 0 radical (unpaired) electrons. The van der Waals surface area contributed by atoms with Crippen LogP contribution in [0.3, 0.4) is 0 Å². The van der Waals surface area contributed by atoms with Crippen LogP contribution in [0.15, 0.2) is 5.16 Å². The normalized spacial score (nSPS) is 16.6. The molecule has 18 heavy (non-hydrogen) atoms. The van der Waals surface area contributed by atoms with E-state index in [2.05, 4.69) is 26.6 Å². The molecular formula is C12H23N5S. The molecule has 5 nitrogen and oxygen atoms in total. The number of rotatable bonds is 7. The van der Waals surface area contributed by atoms with Crippen molar-refractivity contribution in [1.82, 2.24) is 19.7 Å². The molecule has 1 aromatic heterocycles. The third-order valence-corrected chi connectivity index (χ3v) is 4.21. The van der Waals surface area contributed by atoms with Gasteiger partial charge in [0.05, 0.1) is 6.54 Å². The van der Waals surface area contributed by atoms with Gasteiger partial charge in [0.25, 0.3) is 0 Å². The molecule has 2 N–H and O–H groups in total. The van der Waals surface area contributed by atoms with Crippen LogP contribution in [0.4, 0.5) is 0 Å². The van der Waals surface area contributed by atoms with E-state index in [0.717, 1.165) is 36.2 Å². The fourth-order valence-corrected chi connectivity index (χ4v) is 3.28. The molecular weight excluding hydrogens is 246 g/mol. The minimum Gasteiger partial charge on any atom is -0.324 e. The zero-order valence-corrected chi connectivity index (χ0v) is 12.0. The lowest BCUT2D eigenvalue weighted by Gasteiger charge is -2.13. The molecule has 1 fully saturated rings. The summed E-state index contributed by atoms with van der Waals surface area (Å²) in [5, 5.41) is 9.43. The fraction of sp³-hybridized carbons (Fsp3) is 0.833. The summed E-state index contributed by atoms with van der Waals surface area (Å²) in [6.45, 7) is 7.28. The molecule has 2 rings (SSSR count). The molecule has 2 heterocycles. The van der Waals surface area contributed by atoms with Crippen LogP contribution in [0.5, 0.6) is 0 Å². The summed E-state index contributed by atoms with van der Waals surface area (Å²) in [6, 6.07) is 0. The van der Waals surface area contributed by atoms with Crippen molar-refractivity contribution < 1.29 is 0 Å². The van der Waals surface area contributed by atoms with E-state index in [9.17, 15) is 0 Å². The van der Waals surface area contributed by atoms with Gasteiger partial charge in [-0.1, -0.05) is 18.7 Å². The highest BCUT2D eigenvalue weighted by Crippen LogP contribution is 2.18. The molecule has 1 saturated heterocycles. The Morgan fingerprint density at radius 2 is 2.00 bits per heavy atom. The van der Waals surface area contributed by atoms with Crippen molar-refractivity contribution in [3.05, 3.63) is 5.82 Å². The lowest BCUT2D eigenvalue weighted by molar-refractivity contribution is 0.362. The zero-order chi connectivity index (χ0) is 12.8. The van der Waals surface area contributed by atoms with Crippen LogP contribution in [-0.4, -0.2) is 45.1 Å². The van der Waals surface area contributed by atoms with Crippen molar-refractivity contribution in [3.8, 4) is 0 Å². The monoisotopic (exact) mass is 269 g/mol. The Balaban J connectivity index is 1.85. The first kappa shape index (κ1) is 13.8. The van der Waals surface area contributed by atoms with Crippen LogP contribution in [-0.2, 0) is 13.1 Å². The number of nitrogens with two attached hydrogens (primary N) is 1. The molecule has 0 amide bonds. The average molecular weight is 269 g/mol. The number of aromatic nitrogens is 3. The van der Waals surface area contributed by atoms with Crippen molar-refractivity contribution in [2.24, 2.45) is 5.73 Å². The predicted molar refractivity (Wildman–Crippen MR) is 74.6 cm³/mol. The molecule has 0 atom stereocenters. The maximum atomic E-state index is 5.68. The van der Waals surface area contributed by atoms with Gasteiger partial charge in [-0.25, -0.2) is 0 Å². The van der Waals surface area contributed by atoms with Crippen LogP contribution >= 0.6 is 11.8 Å². The third kappa shape index (κ3) is 3.46. The summed E-state index contributed by atoms with van der Waals surface area (Å²) >= 11 is 1.80. The number of thioether (sulfide) groups is 1. The Morgan fingerprint density at radius 3 is 2.67 bits per heavy atom. The van der Waals surface area contributed by atoms with Gasteiger partial charge in [-0.2, -0.15) is 0 Å². The van der Waals surface area contributed by atoms with E-state index in [1.165, 1.54) is 25.9 Å². The van der Waals surface area contributed by atoms with E-state index in [1.807, 2.05) is 0 Å². The quantitative estimate of drug-likeness (QED) is 0.757. The van der Waals surface area contributed by atoms with Crippen LogP contribution < -0.4 is 5.73 Å². The Kier molecular flexibility index (Phi) is 5.46. The van der Waals surface area contributed by atoms with Crippen LogP contribution in [0, 0.1) is 0 Å². The minimum atomic E-state index is 0.472. The van der Waals surface area contributed by atoms with E-state index in [0.29, 0.717) is 6.54 Å². The highest BCUT2D eigenvalue weighted by Gasteiger charge is 2.13. The van der Waals surface area contributed by atoms with Crippen LogP contribution in [0.1, 0.15) is 32.0 Å². The molecule has 6 heteroatoms. The number of hydrogen-bond donors (Lipinski definition) is 1. The van der Waals surface area contributed by atoms with E-state index in [-0.39, 0.29) is 0 Å². The van der Waals surface area contributed by atoms with Gasteiger partial charge in [0.15, 0.2) is 5.16 Å². The Labute approximate surface area is 113 Å². The lowest BCUT2D eigenvalue weighted by Crippen LogP contribution is -2.22. The maximum absolute atomic E-state index is 5.68. The molecule has 1 aliphatic rings. The van der Waals surface area contributed by atoms with E-state index in [4.69, 9.17) is 5.73 Å². The molecule has 0 spiro atoms. The number of nitrogens with zero attached hydrogens (tertiary/aromatic N) is 4. The first-order valence-electron chi connectivity index (χ1n) is 6.82. The summed E-state index contributed by atoms with van der Waals surface area (Å²) < 4.78 is 2.16. The van der Waals surface area contributed by atoms with Crippen molar-refractivity contribution >= 4 is 11.8 Å². The second-order valence-corrected chi connectivity index (χ2v) is 5.71. The summed E-state index contributed by atoms with van der Waals surface area (Å²) in [5.74, 6) is 1.99. The van der Waals surface area contributed by atoms with E-state index in [1.54, 1.807) is 11.8 Å². The predicted octanol–water partition coefficient (Wildman–Crippen LogP) is 1.33. The van der Waals surface area contributed by atoms with Gasteiger partial charge in [-0.05, 0) is 32.4 Å². The van der Waals surface area contributed by atoms with E-state index >= 15 is 0 Å². The molecule has 1 aliphatic heterocycles. The molecule has 1 aromatic rings. The second-order valence-electron chi connectivity index (χ2n) is 4.65. The summed E-state index contributed by atoms with van der Waals surface area (Å²) in [7, 11) is 0. The van der Waals surface area contributed by atoms with Crippen molar-refractivity contribution in [1.29, 1.82) is 0 Å². The highest BCUT2D eigenvalue weighted by atomic mass is 32.2. The smallest absolute Gasteiger partial charge is 0.191 e. The number of likely N-dealkylation sites (tertiary alicyclic amines) is 1. The molecule has 0 aliphatic carbocycles. The van der Waals surface area contributed by atoms with Crippen LogP contribution in [0.2, 0.25) is 0 Å². The lowest BCUT2D eigenvalue weighted by atomic mass is 10.4. The van der Waals surface area contributed by atoms with Gasteiger partial charge in [-0.15, -0.1) is 10.2 Å². The van der Waals surface area contributed by atoms with Gasteiger partial charge in [0, 0.05) is 18.8 Å². The Morgan fingerprint density at radius 1 is 1.22 bits per heavy atom. The molecule has 102 valence electrons. The molecule has 0 aromatic carbocycles. The van der Waals surface area contributed by atoms with E-state index < -0.39 is 0 Å². The van der Waals surface area contributed by atoms with Crippen molar-refractivity contribution in [2.45, 2.75) is 44.4 Å². The standard InChI is InChI=1S/C12H23N5S/c1-2-5-17-11(10-13)14-15-12(17)18-9-8-16-6-3-4-7-16/h2-10,13H2,1H3. The first-order valence-corrected chi connectivity index (χ1v) is 7.81. The number of hydrogen-bond acceptors (Lipinski definition) is 5. The zero-order valence-electron chi connectivity index (χ0n) is 11.1. The molecule has 0 unspecified atom stereocenters. The van der Waals surface area contributed by atoms with Gasteiger partial charge >= 0.3 is 0 Å². The Bertz CT molecular complexity index is 359. The minimum absolute atomic E-state index is 0.472. The largest absolute Gasteiger partial charge is 0.324 e. The van der Waals surface area contributed by atoms with Gasteiger partial charge in [0.2, 0.25) is 0 Å². The SMILES string of the molecule is CCCn1c(CN)nnc1SCCN1CCCC1. The highest BCUT2D eigenvalue weighted by molar-refractivity contribution is 7.99. The average Bonchev–Trinajstić information content (AvgIpc) is 3.00. The fourth-order valence-electron chi connectivity index (χ4n) is 2.30. The Hall–Kier alpha value is -0.590. The third-order valence-electron chi connectivity index (χ3n) is 3.26. The van der Waals surface area contributed by atoms with Gasteiger partial charge < -0.3 is 15.2 Å². The molecule has 0 bridgehead atoms. The van der Waals surface area contributed by atoms with Crippen LogP contribution in [0.25, 0.3) is 0 Å². The van der Waals surface area contributed by atoms with Crippen molar-refractivity contribution in [2.75, 3.05) is 25.4 Å². The van der Waals surface area contributed by atoms with Crippen molar-refractivity contribution in [3.63, 3.8) is 0 Å². The maximum Gasteiger partial charge on any atom is 0.191 e. The topological polar surface area (TPSA) is 60.0 Å². The van der Waals surface area contributed by atoms with Gasteiger partial charge in [-0.3, -0.25) is 0 Å². The molecule has 0 saturated carbocycles. The second kappa shape index (κ2) is 7.11.